The van der Waals surface area contributed by atoms with Crippen molar-refractivity contribution < 1.29 is 0 Å². The molecule has 74 valence electrons. The zero-order valence-corrected chi connectivity index (χ0v) is 8.05. The number of nitrogens with zero attached hydrogens (tertiary/aromatic N) is 5. The molecule has 0 aliphatic heterocycles. The SMILES string of the molecule is Cc1cc(C#N)nc(-n2ccc(N)n2)n1. The maximum Gasteiger partial charge on any atom is 0.252 e. The molecule has 0 spiro atoms. The minimum Gasteiger partial charge on any atom is -0.382 e. The average Bonchev–Trinajstić information content (AvgIpc) is 2.64. The Morgan fingerprint density at radius 3 is 2.87 bits per heavy atom. The van der Waals surface area contributed by atoms with Gasteiger partial charge in [-0.25, -0.2) is 14.6 Å². The number of hydrogen-bond donors (Lipinski definition) is 1. The van der Waals surface area contributed by atoms with Crippen LogP contribution in [0.1, 0.15) is 11.4 Å². The highest BCUT2D eigenvalue weighted by molar-refractivity contribution is 5.30. The van der Waals surface area contributed by atoms with Crippen molar-refractivity contribution in [1.29, 1.82) is 5.26 Å². The van der Waals surface area contributed by atoms with E-state index in [4.69, 9.17) is 11.0 Å². The summed E-state index contributed by atoms with van der Waals surface area (Å²) < 4.78 is 1.43. The summed E-state index contributed by atoms with van der Waals surface area (Å²) in [7, 11) is 0. The molecule has 0 saturated heterocycles. The second-order valence-corrected chi connectivity index (χ2v) is 2.99. The zero-order valence-electron chi connectivity index (χ0n) is 8.05. The largest absolute Gasteiger partial charge is 0.382 e. The molecule has 0 bridgehead atoms. The summed E-state index contributed by atoms with van der Waals surface area (Å²) in [6, 6.07) is 5.21. The Morgan fingerprint density at radius 1 is 1.47 bits per heavy atom. The van der Waals surface area contributed by atoms with Gasteiger partial charge in [0.2, 0.25) is 0 Å². The van der Waals surface area contributed by atoms with Crippen molar-refractivity contribution >= 4 is 5.82 Å². The molecule has 2 rings (SSSR count). The molecular formula is C9H8N6. The Balaban J connectivity index is 2.54. The molecule has 0 atom stereocenters. The normalized spacial score (nSPS) is 9.87. The topological polar surface area (TPSA) is 93.4 Å². The Bertz CT molecular complexity index is 536. The number of nitrogens with two attached hydrogens (primary N) is 1. The molecule has 15 heavy (non-hydrogen) atoms. The van der Waals surface area contributed by atoms with Crippen molar-refractivity contribution in [3.8, 4) is 12.0 Å². The third kappa shape index (κ3) is 1.76. The van der Waals surface area contributed by atoms with Gasteiger partial charge < -0.3 is 5.73 Å². The molecule has 0 amide bonds. The summed E-state index contributed by atoms with van der Waals surface area (Å²) in [6.45, 7) is 1.79. The maximum atomic E-state index is 8.74. The summed E-state index contributed by atoms with van der Waals surface area (Å²) in [6.07, 6.45) is 1.64. The lowest BCUT2D eigenvalue weighted by atomic mass is 10.3. The molecule has 0 saturated carbocycles. The first-order chi connectivity index (χ1) is 7.19. The minimum atomic E-state index is 0.312. The van der Waals surface area contributed by atoms with E-state index in [9.17, 15) is 0 Å². The fourth-order valence-electron chi connectivity index (χ4n) is 1.16. The van der Waals surface area contributed by atoms with Gasteiger partial charge in [-0.05, 0) is 13.0 Å². The van der Waals surface area contributed by atoms with E-state index in [1.165, 1.54) is 4.68 Å². The van der Waals surface area contributed by atoms with Crippen molar-refractivity contribution in [2.24, 2.45) is 0 Å². The van der Waals surface area contributed by atoms with Gasteiger partial charge in [0.05, 0.1) is 0 Å². The molecule has 0 aromatic carbocycles. The molecule has 6 heteroatoms. The van der Waals surface area contributed by atoms with E-state index < -0.39 is 0 Å². The molecule has 6 nitrogen and oxygen atoms in total. The fraction of sp³-hybridized carbons (Fsp3) is 0.111. The first-order valence-electron chi connectivity index (χ1n) is 4.26. The lowest BCUT2D eigenvalue weighted by molar-refractivity contribution is 0.802. The van der Waals surface area contributed by atoms with Crippen LogP contribution in [0.4, 0.5) is 5.82 Å². The van der Waals surface area contributed by atoms with Crippen molar-refractivity contribution in [3.05, 3.63) is 29.7 Å². The van der Waals surface area contributed by atoms with Gasteiger partial charge in [-0.1, -0.05) is 0 Å². The van der Waals surface area contributed by atoms with Crippen LogP contribution >= 0.6 is 0 Å². The van der Waals surface area contributed by atoms with Crippen LogP contribution in [-0.4, -0.2) is 19.7 Å². The van der Waals surface area contributed by atoms with Crippen LogP contribution in [0.15, 0.2) is 18.3 Å². The molecule has 2 heterocycles. The van der Waals surface area contributed by atoms with Crippen LogP contribution < -0.4 is 5.73 Å². The summed E-state index contributed by atoms with van der Waals surface area (Å²) in [5.74, 6) is 0.738. The number of anilines is 1. The van der Waals surface area contributed by atoms with Crippen molar-refractivity contribution in [3.63, 3.8) is 0 Å². The molecule has 2 aromatic heterocycles. The second kappa shape index (κ2) is 3.38. The van der Waals surface area contributed by atoms with Gasteiger partial charge in [-0.3, -0.25) is 0 Å². The van der Waals surface area contributed by atoms with Crippen LogP contribution in [0, 0.1) is 18.3 Å². The third-order valence-corrected chi connectivity index (χ3v) is 1.77. The van der Waals surface area contributed by atoms with Gasteiger partial charge in [0.15, 0.2) is 0 Å². The lowest BCUT2D eigenvalue weighted by Crippen LogP contribution is -2.05. The average molecular weight is 200 g/mol. The Morgan fingerprint density at radius 2 is 2.27 bits per heavy atom. The zero-order chi connectivity index (χ0) is 10.8. The lowest BCUT2D eigenvalue weighted by Gasteiger charge is -2.00. The van der Waals surface area contributed by atoms with Gasteiger partial charge in [-0.15, -0.1) is 5.10 Å². The van der Waals surface area contributed by atoms with E-state index in [0.717, 1.165) is 0 Å². The Labute approximate surface area is 86.0 Å². The summed E-state index contributed by atoms with van der Waals surface area (Å²) in [5, 5.41) is 12.7. The van der Waals surface area contributed by atoms with Crippen molar-refractivity contribution in [2.75, 3.05) is 5.73 Å². The summed E-state index contributed by atoms with van der Waals surface area (Å²) >= 11 is 0. The first kappa shape index (κ1) is 9.15. The van der Waals surface area contributed by atoms with Gasteiger partial charge in [-0.2, -0.15) is 5.26 Å². The number of aromatic nitrogens is 4. The van der Waals surface area contributed by atoms with Crippen LogP contribution in [-0.2, 0) is 0 Å². The van der Waals surface area contributed by atoms with E-state index in [1.54, 1.807) is 25.3 Å². The standard InChI is InChI=1S/C9H8N6/c1-6-4-7(5-10)13-9(12-6)15-3-2-8(11)14-15/h2-4H,1H3,(H2,11,14). The van der Waals surface area contributed by atoms with Crippen LogP contribution in [0.5, 0.6) is 0 Å². The molecule has 0 aliphatic carbocycles. The second-order valence-electron chi connectivity index (χ2n) is 2.99. The molecule has 0 aliphatic rings. The molecule has 0 radical (unpaired) electrons. The van der Waals surface area contributed by atoms with E-state index in [-0.39, 0.29) is 0 Å². The molecule has 2 N–H and O–H groups in total. The third-order valence-electron chi connectivity index (χ3n) is 1.77. The Kier molecular flexibility index (Phi) is 2.06. The smallest absolute Gasteiger partial charge is 0.252 e. The molecular weight excluding hydrogens is 192 g/mol. The summed E-state index contributed by atoms with van der Waals surface area (Å²) in [5.41, 5.74) is 6.50. The van der Waals surface area contributed by atoms with E-state index in [0.29, 0.717) is 23.2 Å². The van der Waals surface area contributed by atoms with E-state index >= 15 is 0 Å². The fourth-order valence-corrected chi connectivity index (χ4v) is 1.16. The number of nitriles is 1. The van der Waals surface area contributed by atoms with Crippen molar-refractivity contribution in [2.45, 2.75) is 6.92 Å². The van der Waals surface area contributed by atoms with Gasteiger partial charge in [0, 0.05) is 18.0 Å². The van der Waals surface area contributed by atoms with E-state index in [2.05, 4.69) is 15.1 Å². The highest BCUT2D eigenvalue weighted by Crippen LogP contribution is 2.05. The number of rotatable bonds is 1. The van der Waals surface area contributed by atoms with E-state index in [1.807, 2.05) is 6.07 Å². The summed E-state index contributed by atoms with van der Waals surface area (Å²) in [4.78, 5) is 8.16. The highest BCUT2D eigenvalue weighted by atomic mass is 15.4. The number of hydrogen-bond acceptors (Lipinski definition) is 5. The molecule has 0 fully saturated rings. The number of aryl methyl sites for hydroxylation is 1. The van der Waals surface area contributed by atoms with Crippen LogP contribution in [0.2, 0.25) is 0 Å². The van der Waals surface area contributed by atoms with Gasteiger partial charge >= 0.3 is 0 Å². The van der Waals surface area contributed by atoms with Gasteiger partial charge in [0.1, 0.15) is 17.6 Å². The van der Waals surface area contributed by atoms with Gasteiger partial charge in [0.25, 0.3) is 5.95 Å². The first-order valence-corrected chi connectivity index (χ1v) is 4.26. The van der Waals surface area contributed by atoms with Crippen LogP contribution in [0.3, 0.4) is 0 Å². The van der Waals surface area contributed by atoms with Crippen LogP contribution in [0.25, 0.3) is 5.95 Å². The maximum absolute atomic E-state index is 8.74. The molecule has 0 unspecified atom stereocenters. The highest BCUT2D eigenvalue weighted by Gasteiger charge is 2.04. The molecule has 2 aromatic rings. The number of nitrogen functional groups attached to an aromatic ring is 1. The van der Waals surface area contributed by atoms with Crippen molar-refractivity contribution in [1.82, 2.24) is 19.7 Å². The predicted molar refractivity (Wildman–Crippen MR) is 53.0 cm³/mol. The monoisotopic (exact) mass is 200 g/mol. The predicted octanol–water partition coefficient (Wildman–Crippen LogP) is 0.425. The Hall–Kier alpha value is -2.42. The quantitative estimate of drug-likeness (QED) is 0.720. The minimum absolute atomic E-state index is 0.312.